The summed E-state index contributed by atoms with van der Waals surface area (Å²) in [5.74, 6) is 2.47. The molecule has 0 saturated carbocycles. The summed E-state index contributed by atoms with van der Waals surface area (Å²) >= 11 is 0. The molecule has 4 rings (SSSR count). The zero-order valence-corrected chi connectivity index (χ0v) is 20.0. The average Bonchev–Trinajstić information content (AvgIpc) is 3.20. The smallest absolute Gasteiger partial charge is 0.224 e. The van der Waals surface area contributed by atoms with Crippen LogP contribution in [0.3, 0.4) is 0 Å². The molecular weight excluding hydrogens is 422 g/mol. The van der Waals surface area contributed by atoms with Gasteiger partial charge in [-0.05, 0) is 47.7 Å². The van der Waals surface area contributed by atoms with Gasteiger partial charge in [0.2, 0.25) is 5.91 Å². The van der Waals surface area contributed by atoms with Gasteiger partial charge in [0.15, 0.2) is 0 Å². The van der Waals surface area contributed by atoms with E-state index in [2.05, 4.69) is 41.9 Å². The van der Waals surface area contributed by atoms with Crippen molar-refractivity contribution < 1.29 is 9.53 Å². The van der Waals surface area contributed by atoms with Gasteiger partial charge in [0, 0.05) is 13.0 Å². The molecule has 0 unspecified atom stereocenters. The van der Waals surface area contributed by atoms with Gasteiger partial charge in [-0.15, -0.1) is 0 Å². The van der Waals surface area contributed by atoms with Crippen molar-refractivity contribution in [3.8, 4) is 5.75 Å². The molecule has 1 amide bonds. The van der Waals surface area contributed by atoms with E-state index in [4.69, 9.17) is 9.72 Å². The number of benzene rings is 3. The van der Waals surface area contributed by atoms with Crippen LogP contribution in [0, 0.1) is 0 Å². The third-order valence-corrected chi connectivity index (χ3v) is 5.97. The molecule has 5 heteroatoms. The van der Waals surface area contributed by atoms with Crippen LogP contribution in [0.5, 0.6) is 5.75 Å². The standard InChI is InChI=1S/C29H33N3O2/c1-22(2)24-14-16-25(17-15-24)34-20-19-32-27-12-7-6-11-26(27)31-28(32)13-8-18-30-29(33)21-23-9-4-3-5-10-23/h3-7,9-12,14-17,22H,8,13,18-21H2,1-2H3,(H,30,33). The molecule has 1 aromatic heterocycles. The van der Waals surface area contributed by atoms with E-state index in [0.29, 0.717) is 25.5 Å². The van der Waals surface area contributed by atoms with Gasteiger partial charge < -0.3 is 14.6 Å². The fourth-order valence-corrected chi connectivity index (χ4v) is 4.09. The molecule has 176 valence electrons. The zero-order chi connectivity index (χ0) is 23.8. The van der Waals surface area contributed by atoms with Crippen molar-refractivity contribution in [3.63, 3.8) is 0 Å². The van der Waals surface area contributed by atoms with E-state index in [1.54, 1.807) is 0 Å². The van der Waals surface area contributed by atoms with E-state index in [0.717, 1.165) is 47.6 Å². The lowest BCUT2D eigenvalue weighted by molar-refractivity contribution is -0.120. The Labute approximate surface area is 201 Å². The Morgan fingerprint density at radius 2 is 1.71 bits per heavy atom. The van der Waals surface area contributed by atoms with Gasteiger partial charge in [0.1, 0.15) is 18.2 Å². The number of para-hydroxylation sites is 2. The molecular formula is C29H33N3O2. The number of rotatable bonds is 11. The fourth-order valence-electron chi connectivity index (χ4n) is 4.09. The number of hydrogen-bond acceptors (Lipinski definition) is 3. The Morgan fingerprint density at radius 1 is 0.971 bits per heavy atom. The number of fused-ring (bicyclic) bond motifs is 1. The van der Waals surface area contributed by atoms with Gasteiger partial charge in [-0.25, -0.2) is 4.98 Å². The van der Waals surface area contributed by atoms with Gasteiger partial charge in [-0.3, -0.25) is 4.79 Å². The molecule has 1 heterocycles. The normalized spacial score (nSPS) is 11.1. The summed E-state index contributed by atoms with van der Waals surface area (Å²) in [5.41, 5.74) is 4.45. The highest BCUT2D eigenvalue weighted by Gasteiger charge is 2.11. The van der Waals surface area contributed by atoms with Gasteiger partial charge >= 0.3 is 0 Å². The Balaban J connectivity index is 1.32. The number of carbonyl (C=O) groups excluding carboxylic acids is 1. The second-order valence-electron chi connectivity index (χ2n) is 8.86. The lowest BCUT2D eigenvalue weighted by Crippen LogP contribution is -2.26. The lowest BCUT2D eigenvalue weighted by atomic mass is 10.0. The molecule has 4 aromatic rings. The van der Waals surface area contributed by atoms with Crippen molar-refractivity contribution in [2.45, 2.75) is 45.6 Å². The zero-order valence-electron chi connectivity index (χ0n) is 20.0. The van der Waals surface area contributed by atoms with Crippen LogP contribution >= 0.6 is 0 Å². The number of nitrogens with one attached hydrogen (secondary N) is 1. The number of hydrogen-bond donors (Lipinski definition) is 1. The van der Waals surface area contributed by atoms with E-state index in [-0.39, 0.29) is 5.91 Å². The van der Waals surface area contributed by atoms with Crippen LogP contribution in [0.4, 0.5) is 0 Å². The second kappa shape index (κ2) is 11.5. The van der Waals surface area contributed by atoms with Gasteiger partial charge in [-0.2, -0.15) is 0 Å². The van der Waals surface area contributed by atoms with Crippen molar-refractivity contribution in [3.05, 3.63) is 95.8 Å². The predicted molar refractivity (Wildman–Crippen MR) is 137 cm³/mol. The van der Waals surface area contributed by atoms with Crippen LogP contribution in [-0.2, 0) is 24.2 Å². The maximum atomic E-state index is 12.2. The number of ether oxygens (including phenoxy) is 1. The number of aryl methyl sites for hydroxylation is 1. The van der Waals surface area contributed by atoms with Crippen molar-refractivity contribution in [1.82, 2.24) is 14.9 Å². The van der Waals surface area contributed by atoms with E-state index >= 15 is 0 Å². The highest BCUT2D eigenvalue weighted by atomic mass is 16.5. The summed E-state index contributed by atoms with van der Waals surface area (Å²) in [6.45, 7) is 6.31. The second-order valence-corrected chi connectivity index (χ2v) is 8.86. The highest BCUT2D eigenvalue weighted by molar-refractivity contribution is 5.78. The minimum absolute atomic E-state index is 0.0524. The van der Waals surface area contributed by atoms with E-state index < -0.39 is 0 Å². The van der Waals surface area contributed by atoms with Crippen LogP contribution in [0.2, 0.25) is 0 Å². The van der Waals surface area contributed by atoms with E-state index in [9.17, 15) is 4.79 Å². The molecule has 0 aliphatic rings. The molecule has 3 aromatic carbocycles. The van der Waals surface area contributed by atoms with Crippen molar-refractivity contribution >= 4 is 16.9 Å². The third-order valence-electron chi connectivity index (χ3n) is 5.97. The molecule has 0 aliphatic heterocycles. The first kappa shape index (κ1) is 23.6. The SMILES string of the molecule is CC(C)c1ccc(OCCn2c(CCCNC(=O)Cc3ccccc3)nc3ccccc32)cc1. The number of carbonyl (C=O) groups is 1. The maximum Gasteiger partial charge on any atom is 0.224 e. The predicted octanol–water partition coefficient (Wildman–Crippen LogP) is 5.53. The van der Waals surface area contributed by atoms with Crippen molar-refractivity contribution in [2.24, 2.45) is 0 Å². The largest absolute Gasteiger partial charge is 0.492 e. The summed E-state index contributed by atoms with van der Waals surface area (Å²) in [4.78, 5) is 17.1. The Kier molecular flexibility index (Phi) is 7.97. The Hall–Kier alpha value is -3.60. The van der Waals surface area contributed by atoms with E-state index in [1.165, 1.54) is 5.56 Å². The van der Waals surface area contributed by atoms with Gasteiger partial charge in [0.05, 0.1) is 24.0 Å². The first-order valence-electron chi connectivity index (χ1n) is 12.1. The first-order chi connectivity index (χ1) is 16.6. The fraction of sp³-hybridized carbons (Fsp3) is 0.310. The summed E-state index contributed by atoms with van der Waals surface area (Å²) < 4.78 is 8.27. The Morgan fingerprint density at radius 3 is 2.47 bits per heavy atom. The molecule has 0 atom stereocenters. The van der Waals surface area contributed by atoms with Crippen LogP contribution < -0.4 is 10.1 Å². The molecule has 0 bridgehead atoms. The first-order valence-corrected chi connectivity index (χ1v) is 12.1. The van der Waals surface area contributed by atoms with Crippen LogP contribution in [0.1, 0.15) is 43.1 Å². The molecule has 1 N–H and O–H groups in total. The van der Waals surface area contributed by atoms with E-state index in [1.807, 2.05) is 60.7 Å². The highest BCUT2D eigenvalue weighted by Crippen LogP contribution is 2.20. The molecule has 0 spiro atoms. The minimum Gasteiger partial charge on any atom is -0.492 e. The summed E-state index contributed by atoms with van der Waals surface area (Å²) in [5, 5.41) is 3.03. The molecule has 0 fully saturated rings. The summed E-state index contributed by atoms with van der Waals surface area (Å²) in [7, 11) is 0. The topological polar surface area (TPSA) is 56.1 Å². The molecule has 0 aliphatic carbocycles. The van der Waals surface area contributed by atoms with Crippen LogP contribution in [0.15, 0.2) is 78.9 Å². The molecule has 5 nitrogen and oxygen atoms in total. The summed E-state index contributed by atoms with van der Waals surface area (Å²) in [6, 6.07) is 26.4. The number of nitrogens with zero attached hydrogens (tertiary/aromatic N) is 2. The number of imidazole rings is 1. The van der Waals surface area contributed by atoms with Gasteiger partial charge in [0.25, 0.3) is 0 Å². The van der Waals surface area contributed by atoms with Crippen molar-refractivity contribution in [2.75, 3.05) is 13.2 Å². The Bertz CT molecular complexity index is 1200. The molecule has 0 radical (unpaired) electrons. The molecule has 34 heavy (non-hydrogen) atoms. The lowest BCUT2D eigenvalue weighted by Gasteiger charge is -2.12. The number of amides is 1. The maximum absolute atomic E-state index is 12.2. The molecule has 0 saturated heterocycles. The monoisotopic (exact) mass is 455 g/mol. The van der Waals surface area contributed by atoms with Crippen LogP contribution in [0.25, 0.3) is 11.0 Å². The number of aromatic nitrogens is 2. The minimum atomic E-state index is 0.0524. The quantitative estimate of drug-likeness (QED) is 0.303. The van der Waals surface area contributed by atoms with Crippen molar-refractivity contribution in [1.29, 1.82) is 0 Å². The average molecular weight is 456 g/mol. The van der Waals surface area contributed by atoms with Crippen LogP contribution in [-0.4, -0.2) is 28.6 Å². The third kappa shape index (κ3) is 6.25. The summed E-state index contributed by atoms with van der Waals surface area (Å²) in [6.07, 6.45) is 2.04. The van der Waals surface area contributed by atoms with Gasteiger partial charge in [-0.1, -0.05) is 68.4 Å².